The van der Waals surface area contributed by atoms with Crippen molar-refractivity contribution in [2.75, 3.05) is 31.5 Å². The van der Waals surface area contributed by atoms with E-state index < -0.39 is 0 Å². The molecule has 2 aromatic carbocycles. The average molecular weight is 435 g/mol. The molecular weight excluding hydrogens is 404 g/mol. The number of nitrogens with one attached hydrogen (secondary N) is 2. The van der Waals surface area contributed by atoms with Crippen LogP contribution in [-0.4, -0.2) is 53.8 Å². The Morgan fingerprint density at radius 1 is 0.875 bits per heavy atom. The Kier molecular flexibility index (Phi) is 7.04. The number of hydrogen-bond donors (Lipinski definition) is 2. The molecule has 2 aromatic rings. The van der Waals surface area contributed by atoms with Gasteiger partial charge in [0.15, 0.2) is 0 Å². The molecule has 2 aliphatic rings. The number of rotatable bonds is 5. The van der Waals surface area contributed by atoms with Crippen LogP contribution in [0.3, 0.4) is 0 Å². The SMILES string of the molecule is O=C(Nc1ccccc1)c1cccc(CNC(=O)[C@@H]2CCCN(C(=O)N3CCCC3)C2)c1. The summed E-state index contributed by atoms with van der Waals surface area (Å²) in [5, 5.41) is 5.86. The third-order valence-corrected chi connectivity index (χ3v) is 6.13. The van der Waals surface area contributed by atoms with Crippen molar-refractivity contribution in [3.8, 4) is 0 Å². The number of anilines is 1. The molecule has 168 valence electrons. The molecule has 7 nitrogen and oxygen atoms in total. The molecule has 4 amide bonds. The van der Waals surface area contributed by atoms with Crippen LogP contribution >= 0.6 is 0 Å². The van der Waals surface area contributed by atoms with E-state index in [1.54, 1.807) is 12.1 Å². The van der Waals surface area contributed by atoms with Crippen LogP contribution in [0.1, 0.15) is 41.6 Å². The lowest BCUT2D eigenvalue weighted by molar-refractivity contribution is -0.126. The van der Waals surface area contributed by atoms with Gasteiger partial charge in [-0.1, -0.05) is 30.3 Å². The largest absolute Gasteiger partial charge is 0.352 e. The molecule has 2 N–H and O–H groups in total. The molecule has 2 aliphatic heterocycles. The summed E-state index contributed by atoms with van der Waals surface area (Å²) in [5.74, 6) is -0.421. The lowest BCUT2D eigenvalue weighted by Gasteiger charge is -2.34. The highest BCUT2D eigenvalue weighted by atomic mass is 16.2. The fraction of sp³-hybridized carbons (Fsp3) is 0.400. The number of piperidine rings is 1. The van der Waals surface area contributed by atoms with Gasteiger partial charge < -0.3 is 20.4 Å². The van der Waals surface area contributed by atoms with Gasteiger partial charge in [-0.2, -0.15) is 0 Å². The Morgan fingerprint density at radius 2 is 1.62 bits per heavy atom. The summed E-state index contributed by atoms with van der Waals surface area (Å²) in [7, 11) is 0. The average Bonchev–Trinajstić information content (AvgIpc) is 3.38. The summed E-state index contributed by atoms with van der Waals surface area (Å²) in [4.78, 5) is 41.7. The molecule has 0 spiro atoms. The molecule has 32 heavy (non-hydrogen) atoms. The molecule has 0 aromatic heterocycles. The van der Waals surface area contributed by atoms with Crippen LogP contribution in [0.15, 0.2) is 54.6 Å². The number of benzene rings is 2. The number of para-hydroxylation sites is 1. The van der Waals surface area contributed by atoms with Gasteiger partial charge in [-0.15, -0.1) is 0 Å². The fourth-order valence-corrected chi connectivity index (χ4v) is 4.35. The highest BCUT2D eigenvalue weighted by Gasteiger charge is 2.31. The van der Waals surface area contributed by atoms with Gasteiger partial charge in [0, 0.05) is 44.0 Å². The number of nitrogens with zero attached hydrogens (tertiary/aromatic N) is 2. The van der Waals surface area contributed by atoms with E-state index in [-0.39, 0.29) is 23.8 Å². The van der Waals surface area contributed by atoms with Crippen LogP contribution in [0.5, 0.6) is 0 Å². The van der Waals surface area contributed by atoms with Crippen molar-refractivity contribution < 1.29 is 14.4 Å². The van der Waals surface area contributed by atoms with E-state index in [0.29, 0.717) is 18.7 Å². The number of hydrogen-bond acceptors (Lipinski definition) is 3. The molecular formula is C25H30N4O3. The monoisotopic (exact) mass is 434 g/mol. The first-order chi connectivity index (χ1) is 15.6. The van der Waals surface area contributed by atoms with Crippen molar-refractivity contribution in [2.24, 2.45) is 5.92 Å². The first kappa shape index (κ1) is 21.9. The van der Waals surface area contributed by atoms with E-state index in [9.17, 15) is 14.4 Å². The summed E-state index contributed by atoms with van der Waals surface area (Å²) >= 11 is 0. The molecule has 2 saturated heterocycles. The van der Waals surface area contributed by atoms with E-state index in [2.05, 4.69) is 10.6 Å². The van der Waals surface area contributed by atoms with Crippen LogP contribution in [0.4, 0.5) is 10.5 Å². The first-order valence-corrected chi connectivity index (χ1v) is 11.4. The van der Waals surface area contributed by atoms with Gasteiger partial charge in [-0.25, -0.2) is 4.79 Å². The molecule has 4 rings (SSSR count). The summed E-state index contributed by atoms with van der Waals surface area (Å²) in [6, 6.07) is 16.6. The maximum absolute atomic E-state index is 12.8. The van der Waals surface area contributed by atoms with E-state index in [1.807, 2.05) is 52.3 Å². The van der Waals surface area contributed by atoms with E-state index in [4.69, 9.17) is 0 Å². The third kappa shape index (κ3) is 5.46. The Balaban J connectivity index is 1.30. The van der Waals surface area contributed by atoms with E-state index in [1.165, 1.54) is 0 Å². The normalized spacial score (nSPS) is 18.3. The molecule has 0 radical (unpaired) electrons. The second kappa shape index (κ2) is 10.3. The Morgan fingerprint density at radius 3 is 2.41 bits per heavy atom. The van der Waals surface area contributed by atoms with Crippen molar-refractivity contribution in [3.05, 3.63) is 65.7 Å². The van der Waals surface area contributed by atoms with Crippen LogP contribution in [0.2, 0.25) is 0 Å². The maximum Gasteiger partial charge on any atom is 0.320 e. The van der Waals surface area contributed by atoms with Gasteiger partial charge in [0.1, 0.15) is 0 Å². The minimum Gasteiger partial charge on any atom is -0.352 e. The first-order valence-electron chi connectivity index (χ1n) is 11.4. The number of carbonyl (C=O) groups is 3. The van der Waals surface area contributed by atoms with Crippen molar-refractivity contribution in [1.82, 2.24) is 15.1 Å². The van der Waals surface area contributed by atoms with Crippen molar-refractivity contribution >= 4 is 23.5 Å². The number of amides is 4. The zero-order valence-corrected chi connectivity index (χ0v) is 18.3. The topological polar surface area (TPSA) is 81.8 Å². The second-order valence-corrected chi connectivity index (χ2v) is 8.50. The molecule has 0 saturated carbocycles. The zero-order valence-electron chi connectivity index (χ0n) is 18.3. The Bertz CT molecular complexity index is 957. The molecule has 0 unspecified atom stereocenters. The predicted molar refractivity (Wildman–Crippen MR) is 123 cm³/mol. The van der Waals surface area contributed by atoms with Crippen LogP contribution < -0.4 is 10.6 Å². The van der Waals surface area contributed by atoms with Crippen LogP contribution in [0.25, 0.3) is 0 Å². The van der Waals surface area contributed by atoms with Gasteiger partial charge >= 0.3 is 6.03 Å². The Hall–Kier alpha value is -3.35. The molecule has 0 aliphatic carbocycles. The minimum atomic E-state index is -0.195. The summed E-state index contributed by atoms with van der Waals surface area (Å²) in [5.41, 5.74) is 2.14. The highest BCUT2D eigenvalue weighted by Crippen LogP contribution is 2.20. The summed E-state index contributed by atoms with van der Waals surface area (Å²) < 4.78 is 0. The lowest BCUT2D eigenvalue weighted by atomic mass is 9.97. The maximum atomic E-state index is 12.8. The van der Waals surface area contributed by atoms with Crippen molar-refractivity contribution in [3.63, 3.8) is 0 Å². The number of likely N-dealkylation sites (tertiary alicyclic amines) is 2. The molecule has 1 atom stereocenters. The summed E-state index contributed by atoms with van der Waals surface area (Å²) in [6.07, 6.45) is 3.75. The quantitative estimate of drug-likeness (QED) is 0.756. The predicted octanol–water partition coefficient (Wildman–Crippen LogP) is 3.48. The van der Waals surface area contributed by atoms with E-state index >= 15 is 0 Å². The van der Waals surface area contributed by atoms with Crippen molar-refractivity contribution in [2.45, 2.75) is 32.2 Å². The fourth-order valence-electron chi connectivity index (χ4n) is 4.35. The van der Waals surface area contributed by atoms with Crippen molar-refractivity contribution in [1.29, 1.82) is 0 Å². The molecule has 2 heterocycles. The number of carbonyl (C=O) groups excluding carboxylic acids is 3. The Labute approximate surface area is 188 Å². The number of urea groups is 1. The molecule has 2 fully saturated rings. The van der Waals surface area contributed by atoms with Crippen LogP contribution in [-0.2, 0) is 11.3 Å². The third-order valence-electron chi connectivity index (χ3n) is 6.13. The lowest BCUT2D eigenvalue weighted by Crippen LogP contribution is -2.49. The molecule has 7 heteroatoms. The minimum absolute atomic E-state index is 0.0388. The van der Waals surface area contributed by atoms with Gasteiger partial charge in [-0.3, -0.25) is 9.59 Å². The summed E-state index contributed by atoms with van der Waals surface area (Å²) in [6.45, 7) is 3.18. The highest BCUT2D eigenvalue weighted by molar-refractivity contribution is 6.04. The van der Waals surface area contributed by atoms with Gasteiger partial charge in [-0.05, 0) is 55.5 Å². The molecule has 0 bridgehead atoms. The van der Waals surface area contributed by atoms with Gasteiger partial charge in [0.2, 0.25) is 5.91 Å². The smallest absolute Gasteiger partial charge is 0.320 e. The second-order valence-electron chi connectivity index (χ2n) is 8.50. The van der Waals surface area contributed by atoms with Gasteiger partial charge in [0.25, 0.3) is 5.91 Å². The standard InChI is InChI=1S/C25H30N4O3/c30-23(21-10-7-15-29(18-21)25(32)28-13-4-5-14-28)26-17-19-8-6-9-20(16-19)24(31)27-22-11-2-1-3-12-22/h1-3,6,8-9,11-12,16,21H,4-5,7,10,13-15,17-18H2,(H,26,30)(H,27,31)/t21-/m1/s1. The zero-order chi connectivity index (χ0) is 22.3. The van der Waals surface area contributed by atoms with Crippen LogP contribution in [0, 0.1) is 5.92 Å². The van der Waals surface area contributed by atoms with E-state index in [0.717, 1.165) is 56.6 Å². The van der Waals surface area contributed by atoms with Gasteiger partial charge in [0.05, 0.1) is 5.92 Å².